The van der Waals surface area contributed by atoms with Gasteiger partial charge in [-0.15, -0.1) is 12.4 Å². The predicted octanol–water partition coefficient (Wildman–Crippen LogP) is 0.793. The highest BCUT2D eigenvalue weighted by Crippen LogP contribution is 2.24. The van der Waals surface area contributed by atoms with Crippen molar-refractivity contribution in [3.8, 4) is 0 Å². The minimum atomic E-state index is -0.281. The fourth-order valence-corrected chi connectivity index (χ4v) is 2.08. The molecule has 0 aliphatic heterocycles. The van der Waals surface area contributed by atoms with Gasteiger partial charge < -0.3 is 15.4 Å². The number of nitrogens with one attached hydrogen (secondary N) is 1. The largest absolute Gasteiger partial charge is 0.396 e. The lowest BCUT2D eigenvalue weighted by atomic mass is 9.95. The average molecular weight is 285 g/mol. The summed E-state index contributed by atoms with van der Waals surface area (Å²) < 4.78 is 1.72. The van der Waals surface area contributed by atoms with E-state index in [4.69, 9.17) is 16.2 Å². The molecule has 4 N–H and O–H groups in total. The standard InChI is InChI=1S/C12H16N4O2.ClH/c1-6-8(13)10-11(12(18)9(6)14)16(4-3-5-17)7(2)15-10;/h13,17H,3-5,14H2,1-2H3;1H. The second kappa shape index (κ2) is 5.54. The summed E-state index contributed by atoms with van der Waals surface area (Å²) in [6.45, 7) is 3.97. The number of ketones is 1. The number of allylic oxidation sites excluding steroid dienone is 2. The average Bonchev–Trinajstić information content (AvgIpc) is 2.68. The van der Waals surface area contributed by atoms with E-state index in [1.165, 1.54) is 0 Å². The molecule has 1 aliphatic carbocycles. The maximum atomic E-state index is 12.2. The Kier molecular flexibility index (Phi) is 4.49. The summed E-state index contributed by atoms with van der Waals surface area (Å²) in [4.78, 5) is 16.4. The second-order valence-electron chi connectivity index (χ2n) is 4.33. The maximum Gasteiger partial charge on any atom is 0.227 e. The Morgan fingerprint density at radius 3 is 2.63 bits per heavy atom. The monoisotopic (exact) mass is 284 g/mol. The zero-order valence-corrected chi connectivity index (χ0v) is 11.7. The summed E-state index contributed by atoms with van der Waals surface area (Å²) in [7, 11) is 0. The Bertz CT molecular complexity index is 575. The lowest BCUT2D eigenvalue weighted by Gasteiger charge is -2.16. The van der Waals surface area contributed by atoms with E-state index >= 15 is 0 Å². The molecule has 1 aliphatic rings. The van der Waals surface area contributed by atoms with Crippen LogP contribution in [-0.2, 0) is 6.54 Å². The number of aromatic nitrogens is 2. The van der Waals surface area contributed by atoms with E-state index < -0.39 is 0 Å². The van der Waals surface area contributed by atoms with Gasteiger partial charge in [-0.3, -0.25) is 10.2 Å². The van der Waals surface area contributed by atoms with Crippen LogP contribution in [0.15, 0.2) is 11.3 Å². The van der Waals surface area contributed by atoms with Crippen molar-refractivity contribution in [2.24, 2.45) is 5.73 Å². The van der Waals surface area contributed by atoms with Gasteiger partial charge in [0.15, 0.2) is 0 Å². The number of fused-ring (bicyclic) bond motifs is 1. The number of hydrogen-bond donors (Lipinski definition) is 3. The highest BCUT2D eigenvalue weighted by Gasteiger charge is 2.31. The van der Waals surface area contributed by atoms with Gasteiger partial charge in [-0.1, -0.05) is 0 Å². The lowest BCUT2D eigenvalue weighted by molar-refractivity contribution is 0.102. The summed E-state index contributed by atoms with van der Waals surface area (Å²) in [6, 6.07) is 0. The Hall–Kier alpha value is -1.66. The van der Waals surface area contributed by atoms with Crippen molar-refractivity contribution in [3.63, 3.8) is 0 Å². The predicted molar refractivity (Wildman–Crippen MR) is 74.0 cm³/mol. The topological polar surface area (TPSA) is 105 Å². The van der Waals surface area contributed by atoms with E-state index in [9.17, 15) is 4.79 Å². The third kappa shape index (κ3) is 2.29. The number of rotatable bonds is 3. The van der Waals surface area contributed by atoms with E-state index in [0.717, 1.165) is 0 Å². The van der Waals surface area contributed by atoms with Gasteiger partial charge in [0.25, 0.3) is 0 Å². The fourth-order valence-electron chi connectivity index (χ4n) is 2.08. The Balaban J connectivity index is 0.00000180. The molecule has 1 heterocycles. The van der Waals surface area contributed by atoms with Crippen molar-refractivity contribution in [2.75, 3.05) is 6.61 Å². The number of nitrogens with zero attached hydrogens (tertiary/aromatic N) is 2. The zero-order chi connectivity index (χ0) is 13.4. The molecule has 0 spiro atoms. The Morgan fingerprint density at radius 2 is 2.05 bits per heavy atom. The zero-order valence-electron chi connectivity index (χ0n) is 10.9. The Labute approximate surface area is 117 Å². The summed E-state index contributed by atoms with van der Waals surface area (Å²) in [5.41, 5.74) is 7.28. The van der Waals surface area contributed by atoms with Gasteiger partial charge >= 0.3 is 0 Å². The molecule has 0 atom stereocenters. The van der Waals surface area contributed by atoms with Gasteiger partial charge in [0, 0.05) is 18.7 Å². The number of nitrogens with two attached hydrogens (primary N) is 1. The molecule has 0 bridgehead atoms. The van der Waals surface area contributed by atoms with Gasteiger partial charge in [0.05, 0.1) is 11.4 Å². The first-order valence-corrected chi connectivity index (χ1v) is 5.77. The summed E-state index contributed by atoms with van der Waals surface area (Å²) in [5, 5.41) is 16.8. The molecule has 104 valence electrons. The van der Waals surface area contributed by atoms with Crippen LogP contribution in [0.1, 0.15) is 35.4 Å². The van der Waals surface area contributed by atoms with Gasteiger partial charge in [0.2, 0.25) is 5.78 Å². The van der Waals surface area contributed by atoms with Crippen LogP contribution in [0, 0.1) is 12.3 Å². The van der Waals surface area contributed by atoms with Crippen molar-refractivity contribution in [2.45, 2.75) is 26.8 Å². The highest BCUT2D eigenvalue weighted by atomic mass is 35.5. The smallest absolute Gasteiger partial charge is 0.227 e. The molecule has 0 radical (unpaired) electrons. The number of aryl methyl sites for hydroxylation is 1. The number of aliphatic hydroxyl groups excluding tert-OH is 1. The molecular weight excluding hydrogens is 268 g/mol. The summed E-state index contributed by atoms with van der Waals surface area (Å²) in [6.07, 6.45) is 0.535. The minimum Gasteiger partial charge on any atom is -0.396 e. The fraction of sp³-hybridized carbons (Fsp3) is 0.417. The molecule has 0 fully saturated rings. The van der Waals surface area contributed by atoms with Crippen LogP contribution in [0.2, 0.25) is 0 Å². The van der Waals surface area contributed by atoms with E-state index in [1.807, 2.05) is 0 Å². The van der Waals surface area contributed by atoms with Gasteiger partial charge in [0.1, 0.15) is 17.2 Å². The molecule has 1 aromatic rings. The molecule has 1 aromatic heterocycles. The van der Waals surface area contributed by atoms with E-state index in [1.54, 1.807) is 18.4 Å². The molecular formula is C12H17ClN4O2. The molecule has 0 saturated heterocycles. The van der Waals surface area contributed by atoms with E-state index in [2.05, 4.69) is 4.98 Å². The van der Waals surface area contributed by atoms with Crippen molar-refractivity contribution < 1.29 is 9.90 Å². The first-order valence-electron chi connectivity index (χ1n) is 5.77. The second-order valence-corrected chi connectivity index (χ2v) is 4.33. The molecule has 6 nitrogen and oxygen atoms in total. The van der Waals surface area contributed by atoms with Crippen molar-refractivity contribution in [1.82, 2.24) is 9.55 Å². The van der Waals surface area contributed by atoms with Crippen LogP contribution in [-0.4, -0.2) is 32.8 Å². The minimum absolute atomic E-state index is 0. The number of Topliss-reactive ketones (excluding diaryl/α,β-unsaturated/α-hetero) is 1. The maximum absolute atomic E-state index is 12.2. The van der Waals surface area contributed by atoms with E-state index in [-0.39, 0.29) is 36.2 Å². The normalized spacial score (nSPS) is 14.5. The third-order valence-corrected chi connectivity index (χ3v) is 3.17. The van der Waals surface area contributed by atoms with Gasteiger partial charge in [-0.05, 0) is 20.3 Å². The molecule has 0 aromatic carbocycles. The third-order valence-electron chi connectivity index (χ3n) is 3.17. The summed E-state index contributed by atoms with van der Waals surface area (Å²) in [5.74, 6) is 0.381. The molecule has 0 amide bonds. The van der Waals surface area contributed by atoms with Crippen LogP contribution in [0.4, 0.5) is 0 Å². The molecule has 19 heavy (non-hydrogen) atoms. The van der Waals surface area contributed by atoms with Crippen LogP contribution in [0.5, 0.6) is 0 Å². The number of imidazole rings is 1. The van der Waals surface area contributed by atoms with Crippen molar-refractivity contribution in [1.29, 1.82) is 5.41 Å². The number of hydrogen-bond acceptors (Lipinski definition) is 5. The molecule has 2 rings (SSSR count). The van der Waals surface area contributed by atoms with Crippen molar-refractivity contribution in [3.05, 3.63) is 28.5 Å². The number of aliphatic hydroxyl groups is 1. The van der Waals surface area contributed by atoms with Crippen molar-refractivity contribution >= 4 is 23.9 Å². The Morgan fingerprint density at radius 1 is 1.42 bits per heavy atom. The van der Waals surface area contributed by atoms with E-state index in [0.29, 0.717) is 35.8 Å². The van der Waals surface area contributed by atoms with Gasteiger partial charge in [-0.2, -0.15) is 0 Å². The highest BCUT2D eigenvalue weighted by molar-refractivity contribution is 6.25. The van der Waals surface area contributed by atoms with Crippen LogP contribution in [0.3, 0.4) is 0 Å². The van der Waals surface area contributed by atoms with Gasteiger partial charge in [-0.25, -0.2) is 4.98 Å². The number of carbonyl (C=O) groups is 1. The first kappa shape index (κ1) is 15.4. The number of carbonyl (C=O) groups excluding carboxylic acids is 1. The quantitative estimate of drug-likeness (QED) is 0.763. The van der Waals surface area contributed by atoms with Crippen LogP contribution >= 0.6 is 12.4 Å². The molecule has 7 heteroatoms. The molecule has 0 saturated carbocycles. The van der Waals surface area contributed by atoms with Crippen LogP contribution < -0.4 is 5.73 Å². The SMILES string of the molecule is CC1=C(N)C(=O)c2c(nc(C)n2CCCO)C1=N.Cl. The first-order chi connectivity index (χ1) is 8.49. The molecule has 0 unspecified atom stereocenters. The summed E-state index contributed by atoms with van der Waals surface area (Å²) >= 11 is 0. The lowest BCUT2D eigenvalue weighted by Crippen LogP contribution is -2.27. The van der Waals surface area contributed by atoms with Crippen LogP contribution in [0.25, 0.3) is 0 Å². The number of halogens is 1.